The van der Waals surface area contributed by atoms with E-state index in [1.54, 1.807) is 11.0 Å². The van der Waals surface area contributed by atoms with E-state index in [1.807, 2.05) is 29.2 Å². The lowest BCUT2D eigenvalue weighted by Crippen LogP contribution is -2.56. The highest BCUT2D eigenvalue weighted by atomic mass is 35.5. The molecule has 0 radical (unpaired) electrons. The molecule has 1 saturated heterocycles. The monoisotopic (exact) mass is 567 g/mol. The molecule has 1 aromatic heterocycles. The van der Waals surface area contributed by atoms with E-state index in [0.717, 1.165) is 28.7 Å². The van der Waals surface area contributed by atoms with E-state index >= 15 is 0 Å². The third-order valence-electron chi connectivity index (χ3n) is 7.74. The Morgan fingerprint density at radius 2 is 1.88 bits per heavy atom. The molecule has 0 aliphatic carbocycles. The molecule has 1 amide bonds. The third-order valence-corrected chi connectivity index (χ3v) is 8.03. The maximum absolute atomic E-state index is 12.3. The van der Waals surface area contributed by atoms with Gasteiger partial charge < -0.3 is 9.80 Å². The minimum atomic E-state index is -0.0815. The standard InChI is InChI=1S/C33H34ClN5O2/c1-7-29(41)37-15-16-38(22(5)18-37)32-27-17-28(34)30(26-13-9-8-12-24(26)19-40)36-33(27)39(23(6)35-32)31-21(4)11-10-14-25(31)20(2)3/h7-14,17,19-20,22H,1,6,15-16,18H2,2-5H3/t22-/m0/s1. The molecular formula is C33H34ClN5O2. The van der Waals surface area contributed by atoms with Crippen LogP contribution >= 0.6 is 11.6 Å². The average molecular weight is 568 g/mol. The smallest absolute Gasteiger partial charge is 0.246 e. The summed E-state index contributed by atoms with van der Waals surface area (Å²) in [5.74, 6) is 2.05. The van der Waals surface area contributed by atoms with Crippen molar-refractivity contribution in [3.8, 4) is 11.3 Å². The summed E-state index contributed by atoms with van der Waals surface area (Å²) in [6, 6.07) is 15.4. The maximum atomic E-state index is 12.3. The van der Waals surface area contributed by atoms with Crippen molar-refractivity contribution in [3.63, 3.8) is 0 Å². The summed E-state index contributed by atoms with van der Waals surface area (Å²) in [6.07, 6.45) is 2.17. The quantitative estimate of drug-likeness (QED) is 0.252. The van der Waals surface area contributed by atoms with Crippen molar-refractivity contribution in [2.24, 2.45) is 4.99 Å². The Kier molecular flexibility index (Phi) is 7.82. The molecule has 1 fully saturated rings. The van der Waals surface area contributed by atoms with Crippen LogP contribution in [-0.2, 0) is 4.79 Å². The topological polar surface area (TPSA) is 69.1 Å². The van der Waals surface area contributed by atoms with Gasteiger partial charge in [-0.3, -0.25) is 14.5 Å². The second-order valence-corrected chi connectivity index (χ2v) is 11.2. The van der Waals surface area contributed by atoms with Crippen LogP contribution in [0.5, 0.6) is 0 Å². The summed E-state index contributed by atoms with van der Waals surface area (Å²) >= 11 is 6.94. The van der Waals surface area contributed by atoms with E-state index in [9.17, 15) is 9.59 Å². The summed E-state index contributed by atoms with van der Waals surface area (Å²) in [4.78, 5) is 40.5. The van der Waals surface area contributed by atoms with Crippen molar-refractivity contribution >= 4 is 41.1 Å². The van der Waals surface area contributed by atoms with Gasteiger partial charge in [0.25, 0.3) is 0 Å². The third kappa shape index (κ3) is 5.06. The van der Waals surface area contributed by atoms with Gasteiger partial charge in [-0.15, -0.1) is 0 Å². The van der Waals surface area contributed by atoms with Gasteiger partial charge in [0.05, 0.1) is 22.0 Å². The maximum Gasteiger partial charge on any atom is 0.246 e. The largest absolute Gasteiger partial charge is 0.350 e. The summed E-state index contributed by atoms with van der Waals surface area (Å²) < 4.78 is 0. The minimum absolute atomic E-state index is 0.0162. The van der Waals surface area contributed by atoms with E-state index < -0.39 is 0 Å². The molecular weight excluding hydrogens is 534 g/mol. The number of aldehydes is 1. The van der Waals surface area contributed by atoms with Gasteiger partial charge in [-0.1, -0.05) is 81.1 Å². The first-order valence-corrected chi connectivity index (χ1v) is 14.1. The SMILES string of the molecule is C=CC(=O)N1CCN(C2=NC(=C)N(c3c(C)cccc3C(C)C)c3nc(-c4ccccc4C=O)c(Cl)cc32)[C@@H](C)C1. The zero-order chi connectivity index (χ0) is 29.4. The lowest BCUT2D eigenvalue weighted by molar-refractivity contribution is -0.128. The Bertz CT molecular complexity index is 1590. The number of aryl methyl sites for hydroxylation is 1. The number of hydrogen-bond acceptors (Lipinski definition) is 6. The van der Waals surface area contributed by atoms with E-state index in [4.69, 9.17) is 21.6 Å². The fourth-order valence-corrected chi connectivity index (χ4v) is 5.93. The fourth-order valence-electron chi connectivity index (χ4n) is 5.68. The number of para-hydroxylation sites is 1. The van der Waals surface area contributed by atoms with Gasteiger partial charge in [0.15, 0.2) is 12.1 Å². The minimum Gasteiger partial charge on any atom is -0.350 e. The number of amides is 1. The van der Waals surface area contributed by atoms with Crippen LogP contribution in [0.4, 0.5) is 11.5 Å². The first kappa shape index (κ1) is 28.3. The molecule has 2 aliphatic rings. The second-order valence-electron chi connectivity index (χ2n) is 10.8. The predicted molar refractivity (Wildman–Crippen MR) is 166 cm³/mol. The van der Waals surface area contributed by atoms with E-state index in [2.05, 4.69) is 64.0 Å². The molecule has 7 nitrogen and oxygen atoms in total. The number of pyridine rings is 1. The van der Waals surface area contributed by atoms with Crippen LogP contribution in [0.3, 0.4) is 0 Å². The molecule has 0 unspecified atom stereocenters. The van der Waals surface area contributed by atoms with Crippen LogP contribution in [-0.4, -0.2) is 58.5 Å². The lowest BCUT2D eigenvalue weighted by atomic mass is 9.96. The highest BCUT2D eigenvalue weighted by Crippen LogP contribution is 2.44. The van der Waals surface area contributed by atoms with Crippen molar-refractivity contribution in [1.29, 1.82) is 0 Å². The van der Waals surface area contributed by atoms with Crippen molar-refractivity contribution in [2.45, 2.75) is 39.7 Å². The van der Waals surface area contributed by atoms with Crippen LogP contribution in [0, 0.1) is 6.92 Å². The zero-order valence-electron chi connectivity index (χ0n) is 23.9. The molecule has 1 atom stereocenters. The Morgan fingerprint density at radius 3 is 2.56 bits per heavy atom. The molecule has 3 heterocycles. The van der Waals surface area contributed by atoms with Crippen molar-refractivity contribution in [1.82, 2.24) is 14.8 Å². The van der Waals surface area contributed by atoms with Gasteiger partial charge in [-0.25, -0.2) is 9.98 Å². The molecule has 3 aromatic rings. The number of hydrogen-bond donors (Lipinski definition) is 0. The van der Waals surface area contributed by atoms with Crippen LogP contribution in [0.25, 0.3) is 11.3 Å². The first-order valence-electron chi connectivity index (χ1n) is 13.8. The first-order chi connectivity index (χ1) is 19.7. The molecule has 2 aromatic carbocycles. The summed E-state index contributed by atoms with van der Waals surface area (Å²) in [7, 11) is 0. The number of aliphatic imine (C=N–C) groups is 1. The number of carbonyl (C=O) groups is 2. The Balaban J connectivity index is 1.72. The van der Waals surface area contributed by atoms with Crippen LogP contribution in [0.1, 0.15) is 53.7 Å². The van der Waals surface area contributed by atoms with Gasteiger partial charge in [-0.05, 0) is 43.0 Å². The number of anilines is 2. The summed E-state index contributed by atoms with van der Waals surface area (Å²) in [5.41, 5.74) is 5.64. The molecule has 2 aliphatic heterocycles. The Morgan fingerprint density at radius 1 is 1.12 bits per heavy atom. The molecule has 210 valence electrons. The van der Waals surface area contributed by atoms with E-state index in [0.29, 0.717) is 59.0 Å². The Labute approximate surface area is 246 Å². The number of fused-ring (bicyclic) bond motifs is 1. The normalized spacial score (nSPS) is 16.9. The summed E-state index contributed by atoms with van der Waals surface area (Å²) in [6.45, 7) is 18.2. The predicted octanol–water partition coefficient (Wildman–Crippen LogP) is 6.73. The van der Waals surface area contributed by atoms with Gasteiger partial charge in [0.1, 0.15) is 11.7 Å². The van der Waals surface area contributed by atoms with Crippen molar-refractivity contribution < 1.29 is 9.59 Å². The van der Waals surface area contributed by atoms with E-state index in [1.165, 1.54) is 6.08 Å². The number of rotatable bonds is 5. The number of amidine groups is 1. The lowest BCUT2D eigenvalue weighted by Gasteiger charge is -2.43. The number of halogens is 1. The van der Waals surface area contributed by atoms with Crippen molar-refractivity contribution in [2.75, 3.05) is 24.5 Å². The summed E-state index contributed by atoms with van der Waals surface area (Å²) in [5, 5.41) is 0.417. The molecule has 41 heavy (non-hydrogen) atoms. The number of carbonyl (C=O) groups excluding carboxylic acids is 2. The van der Waals surface area contributed by atoms with Gasteiger partial charge >= 0.3 is 0 Å². The van der Waals surface area contributed by atoms with Gasteiger partial charge in [0.2, 0.25) is 5.91 Å². The molecule has 0 spiro atoms. The zero-order valence-corrected chi connectivity index (χ0v) is 24.7. The van der Waals surface area contributed by atoms with Crippen molar-refractivity contribution in [3.05, 3.63) is 101 Å². The Hall–Kier alpha value is -4.23. The highest BCUT2D eigenvalue weighted by molar-refractivity contribution is 6.34. The molecule has 8 heteroatoms. The average Bonchev–Trinajstić information content (AvgIpc) is 2.96. The molecule has 0 N–H and O–H groups in total. The number of aromatic nitrogens is 1. The fraction of sp³-hybridized carbons (Fsp3) is 0.273. The van der Waals surface area contributed by atoms with Gasteiger partial charge in [-0.2, -0.15) is 0 Å². The van der Waals surface area contributed by atoms with Crippen LogP contribution in [0.15, 0.2) is 78.6 Å². The molecule has 0 bridgehead atoms. The van der Waals surface area contributed by atoms with Gasteiger partial charge in [0, 0.05) is 36.8 Å². The number of nitrogens with zero attached hydrogens (tertiary/aromatic N) is 5. The molecule has 5 rings (SSSR count). The number of benzene rings is 2. The second kappa shape index (κ2) is 11.3. The van der Waals surface area contributed by atoms with E-state index in [-0.39, 0.29) is 17.9 Å². The van der Waals surface area contributed by atoms with Crippen LogP contribution < -0.4 is 4.90 Å². The number of piperazine rings is 1. The van der Waals surface area contributed by atoms with Crippen LogP contribution in [0.2, 0.25) is 5.02 Å². The molecule has 0 saturated carbocycles. The highest BCUT2D eigenvalue weighted by Gasteiger charge is 2.36.